The maximum Gasteiger partial charge on any atom is 0.240 e. The lowest BCUT2D eigenvalue weighted by Gasteiger charge is -2.28. The van der Waals surface area contributed by atoms with E-state index in [0.717, 1.165) is 37.1 Å². The van der Waals surface area contributed by atoms with Crippen LogP contribution in [-0.2, 0) is 11.8 Å². The van der Waals surface area contributed by atoms with Gasteiger partial charge in [-0.2, -0.15) is 5.10 Å². The van der Waals surface area contributed by atoms with Gasteiger partial charge in [0.25, 0.3) is 0 Å². The largest absolute Gasteiger partial charge is 0.348 e. The van der Waals surface area contributed by atoms with Crippen LogP contribution >= 0.6 is 0 Å². The minimum Gasteiger partial charge on any atom is -0.348 e. The molecule has 1 fully saturated rings. The number of carbonyl (C=O) groups excluding carboxylic acids is 1. The van der Waals surface area contributed by atoms with Gasteiger partial charge in [0.15, 0.2) is 0 Å². The summed E-state index contributed by atoms with van der Waals surface area (Å²) in [6, 6.07) is -0.00738. The summed E-state index contributed by atoms with van der Waals surface area (Å²) in [6.45, 7) is 6.99. The number of hydrogen-bond acceptors (Lipinski definition) is 3. The molecule has 1 aromatic heterocycles. The first kappa shape index (κ1) is 14.1. The molecule has 1 aromatic rings. The number of aromatic nitrogens is 2. The third-order valence-electron chi connectivity index (χ3n) is 4.15. The Labute approximate surface area is 114 Å². The van der Waals surface area contributed by atoms with Crippen LogP contribution in [-0.4, -0.2) is 27.8 Å². The smallest absolute Gasteiger partial charge is 0.240 e. The highest BCUT2D eigenvalue weighted by molar-refractivity contribution is 5.87. The van der Waals surface area contributed by atoms with Crippen molar-refractivity contribution in [2.75, 3.05) is 6.54 Å². The zero-order valence-corrected chi connectivity index (χ0v) is 12.3. The fourth-order valence-electron chi connectivity index (χ4n) is 2.92. The van der Waals surface area contributed by atoms with Crippen LogP contribution in [0.5, 0.6) is 0 Å². The van der Waals surface area contributed by atoms with Crippen LogP contribution in [0.1, 0.15) is 50.4 Å². The fraction of sp³-hybridized carbons (Fsp3) is 0.714. The van der Waals surface area contributed by atoms with E-state index in [1.165, 1.54) is 0 Å². The Hall–Kier alpha value is -1.36. The van der Waals surface area contributed by atoms with E-state index < -0.39 is 0 Å². The zero-order chi connectivity index (χ0) is 14.0. The number of nitrogens with zero attached hydrogens (tertiary/aromatic N) is 2. The van der Waals surface area contributed by atoms with E-state index in [1.807, 2.05) is 27.1 Å². The number of carbonyl (C=O) groups is 1. The zero-order valence-electron chi connectivity index (χ0n) is 12.3. The molecule has 1 aliphatic rings. The third-order valence-corrected chi connectivity index (χ3v) is 4.15. The number of hydrogen-bond donors (Lipinski definition) is 2. The molecule has 0 bridgehead atoms. The normalized spacial score (nSPS) is 24.4. The molecule has 2 N–H and O–H groups in total. The fourth-order valence-corrected chi connectivity index (χ4v) is 2.92. The van der Waals surface area contributed by atoms with Gasteiger partial charge in [0.2, 0.25) is 5.91 Å². The summed E-state index contributed by atoms with van der Waals surface area (Å²) in [5.74, 6) is 0.114. The van der Waals surface area contributed by atoms with Crippen molar-refractivity contribution in [3.63, 3.8) is 0 Å². The van der Waals surface area contributed by atoms with E-state index in [4.69, 9.17) is 0 Å². The molecule has 5 nitrogen and oxygen atoms in total. The van der Waals surface area contributed by atoms with Gasteiger partial charge in [-0.05, 0) is 39.7 Å². The van der Waals surface area contributed by atoms with Crippen LogP contribution in [0.25, 0.3) is 0 Å². The van der Waals surface area contributed by atoms with Crippen molar-refractivity contribution < 1.29 is 4.79 Å². The van der Waals surface area contributed by atoms with Crippen LogP contribution in [0.15, 0.2) is 6.20 Å². The first-order chi connectivity index (χ1) is 8.98. The second-order valence-corrected chi connectivity index (χ2v) is 5.50. The van der Waals surface area contributed by atoms with E-state index in [-0.39, 0.29) is 17.5 Å². The first-order valence-corrected chi connectivity index (χ1v) is 7.04. The molecule has 5 heteroatoms. The van der Waals surface area contributed by atoms with E-state index in [1.54, 1.807) is 4.68 Å². The molecule has 0 radical (unpaired) electrons. The molecular weight excluding hydrogens is 240 g/mol. The molecule has 0 unspecified atom stereocenters. The Morgan fingerprint density at radius 2 is 2.42 bits per heavy atom. The Balaban J connectivity index is 2.08. The lowest BCUT2D eigenvalue weighted by atomic mass is 9.92. The molecule has 2 atom stereocenters. The van der Waals surface area contributed by atoms with E-state index in [0.29, 0.717) is 0 Å². The SMILES string of the molecule is CC[C@]1(C(=O)N[C@@H](C)c2cn(C)nc2C)CCCN1. The molecule has 2 heterocycles. The van der Waals surface area contributed by atoms with Crippen molar-refractivity contribution in [2.45, 2.75) is 51.6 Å². The highest BCUT2D eigenvalue weighted by Crippen LogP contribution is 2.25. The van der Waals surface area contributed by atoms with Crippen molar-refractivity contribution in [1.29, 1.82) is 0 Å². The molecule has 0 aliphatic carbocycles. The lowest BCUT2D eigenvalue weighted by Crippen LogP contribution is -2.53. The van der Waals surface area contributed by atoms with Crippen molar-refractivity contribution in [3.8, 4) is 0 Å². The quantitative estimate of drug-likeness (QED) is 0.865. The molecule has 0 saturated carbocycles. The van der Waals surface area contributed by atoms with Gasteiger partial charge >= 0.3 is 0 Å². The van der Waals surface area contributed by atoms with Crippen LogP contribution < -0.4 is 10.6 Å². The molecule has 19 heavy (non-hydrogen) atoms. The second kappa shape index (κ2) is 5.33. The topological polar surface area (TPSA) is 59.0 Å². The molecule has 0 spiro atoms. The number of amides is 1. The van der Waals surface area contributed by atoms with Gasteiger partial charge < -0.3 is 10.6 Å². The average Bonchev–Trinajstić information content (AvgIpc) is 2.96. The minimum atomic E-state index is -0.371. The van der Waals surface area contributed by atoms with E-state index in [9.17, 15) is 4.79 Å². The molecular formula is C14H24N4O. The summed E-state index contributed by atoms with van der Waals surface area (Å²) < 4.78 is 1.79. The summed E-state index contributed by atoms with van der Waals surface area (Å²) in [5, 5.41) is 10.8. The molecule has 0 aromatic carbocycles. The molecule has 1 aliphatic heterocycles. The summed E-state index contributed by atoms with van der Waals surface area (Å²) in [7, 11) is 1.90. The van der Waals surface area contributed by atoms with Crippen molar-refractivity contribution in [2.24, 2.45) is 7.05 Å². The van der Waals surface area contributed by atoms with Gasteiger partial charge in [-0.15, -0.1) is 0 Å². The predicted octanol–water partition coefficient (Wildman–Crippen LogP) is 1.44. The second-order valence-electron chi connectivity index (χ2n) is 5.50. The maximum atomic E-state index is 12.5. The number of rotatable bonds is 4. The Morgan fingerprint density at radius 1 is 1.68 bits per heavy atom. The average molecular weight is 264 g/mol. The summed E-state index contributed by atoms with van der Waals surface area (Å²) >= 11 is 0. The van der Waals surface area contributed by atoms with Gasteiger partial charge in [0.05, 0.1) is 17.3 Å². The Morgan fingerprint density at radius 3 is 2.89 bits per heavy atom. The van der Waals surface area contributed by atoms with Crippen LogP contribution in [0.3, 0.4) is 0 Å². The summed E-state index contributed by atoms with van der Waals surface area (Å²) in [4.78, 5) is 12.5. The van der Waals surface area contributed by atoms with Crippen molar-refractivity contribution >= 4 is 5.91 Å². The molecule has 1 saturated heterocycles. The van der Waals surface area contributed by atoms with E-state index >= 15 is 0 Å². The first-order valence-electron chi connectivity index (χ1n) is 7.04. The Bertz CT molecular complexity index is 460. The molecule has 106 valence electrons. The summed E-state index contributed by atoms with van der Waals surface area (Å²) in [5.41, 5.74) is 1.69. The monoisotopic (exact) mass is 264 g/mol. The number of nitrogens with one attached hydrogen (secondary N) is 2. The maximum absolute atomic E-state index is 12.5. The van der Waals surface area contributed by atoms with E-state index in [2.05, 4.69) is 22.7 Å². The van der Waals surface area contributed by atoms with Gasteiger partial charge in [0, 0.05) is 18.8 Å². The van der Waals surface area contributed by atoms with Gasteiger partial charge in [-0.25, -0.2) is 0 Å². The lowest BCUT2D eigenvalue weighted by molar-refractivity contribution is -0.128. The minimum absolute atomic E-state index is 0.00738. The molecule has 2 rings (SSSR count). The number of aryl methyl sites for hydroxylation is 2. The van der Waals surface area contributed by atoms with Gasteiger partial charge in [0.1, 0.15) is 0 Å². The predicted molar refractivity (Wildman–Crippen MR) is 74.8 cm³/mol. The summed E-state index contributed by atoms with van der Waals surface area (Å²) in [6.07, 6.45) is 4.80. The highest BCUT2D eigenvalue weighted by atomic mass is 16.2. The van der Waals surface area contributed by atoms with Crippen molar-refractivity contribution in [3.05, 3.63) is 17.5 Å². The van der Waals surface area contributed by atoms with Crippen molar-refractivity contribution in [1.82, 2.24) is 20.4 Å². The Kier molecular flexibility index (Phi) is 3.94. The highest BCUT2D eigenvalue weighted by Gasteiger charge is 2.39. The molecule has 1 amide bonds. The third kappa shape index (κ3) is 2.66. The van der Waals surface area contributed by atoms with Crippen LogP contribution in [0, 0.1) is 6.92 Å². The van der Waals surface area contributed by atoms with Crippen LogP contribution in [0.4, 0.5) is 0 Å². The van der Waals surface area contributed by atoms with Crippen LogP contribution in [0.2, 0.25) is 0 Å². The van der Waals surface area contributed by atoms with Gasteiger partial charge in [-0.1, -0.05) is 6.92 Å². The standard InChI is InChI=1S/C14H24N4O/c1-5-14(7-6-8-15-14)13(19)16-10(2)12-9-18(4)17-11(12)3/h9-10,15H,5-8H2,1-4H3,(H,16,19)/t10-,14+/m0/s1. The van der Waals surface area contributed by atoms with Gasteiger partial charge in [-0.3, -0.25) is 9.48 Å².